The summed E-state index contributed by atoms with van der Waals surface area (Å²) < 4.78 is 6.29. The fourth-order valence-electron chi connectivity index (χ4n) is 3.05. The fraction of sp³-hybridized carbons (Fsp3) is 0.238. The Morgan fingerprint density at radius 3 is 2.72 bits per heavy atom. The lowest BCUT2D eigenvalue weighted by molar-refractivity contribution is -0.113. The Balaban J connectivity index is 1.36. The molecule has 3 aromatic rings. The summed E-state index contributed by atoms with van der Waals surface area (Å²) >= 11 is 8.92. The molecule has 1 aliphatic heterocycles. The maximum atomic E-state index is 12.5. The second-order valence-corrected chi connectivity index (χ2v) is 8.98. The molecule has 8 heteroatoms. The van der Waals surface area contributed by atoms with Crippen molar-refractivity contribution in [1.29, 1.82) is 0 Å². The van der Waals surface area contributed by atoms with Crippen molar-refractivity contribution in [2.24, 2.45) is 0 Å². The molecular formula is C21H20ClN3O2S2. The molecule has 150 valence electrons. The van der Waals surface area contributed by atoms with Crippen LogP contribution in [0.5, 0.6) is 0 Å². The molecular weight excluding hydrogens is 426 g/mol. The highest BCUT2D eigenvalue weighted by molar-refractivity contribution is 8.01. The SMILES string of the molecule is O=C(CSc1nc(-c2ccc(Cl)cc2)cs1)Nc1ccccc1N1CCOCC1. The van der Waals surface area contributed by atoms with Gasteiger partial charge in [-0.2, -0.15) is 0 Å². The average molecular weight is 446 g/mol. The number of ether oxygens (including phenoxy) is 1. The van der Waals surface area contributed by atoms with E-state index in [1.807, 2.05) is 53.9 Å². The number of morpholine rings is 1. The van der Waals surface area contributed by atoms with Crippen LogP contribution in [0.4, 0.5) is 11.4 Å². The third-order valence-corrected chi connectivity index (χ3v) is 6.75. The van der Waals surface area contributed by atoms with Crippen LogP contribution in [0, 0.1) is 0 Å². The minimum Gasteiger partial charge on any atom is -0.378 e. The Bertz CT molecular complexity index is 972. The van der Waals surface area contributed by atoms with Crippen LogP contribution >= 0.6 is 34.7 Å². The van der Waals surface area contributed by atoms with Crippen molar-refractivity contribution in [2.45, 2.75) is 4.34 Å². The number of para-hydroxylation sites is 2. The highest BCUT2D eigenvalue weighted by atomic mass is 35.5. The number of anilines is 2. The van der Waals surface area contributed by atoms with Gasteiger partial charge in [-0.15, -0.1) is 11.3 Å². The largest absolute Gasteiger partial charge is 0.378 e. The molecule has 29 heavy (non-hydrogen) atoms. The van der Waals surface area contributed by atoms with E-state index in [-0.39, 0.29) is 5.91 Å². The summed E-state index contributed by atoms with van der Waals surface area (Å²) in [5.74, 6) is 0.268. The van der Waals surface area contributed by atoms with Gasteiger partial charge in [0.1, 0.15) is 0 Å². The number of hydrogen-bond donors (Lipinski definition) is 1. The number of rotatable bonds is 6. The third-order valence-electron chi connectivity index (χ3n) is 4.48. The summed E-state index contributed by atoms with van der Waals surface area (Å²) in [5.41, 5.74) is 3.78. The number of amides is 1. The first kappa shape index (κ1) is 20.2. The summed E-state index contributed by atoms with van der Waals surface area (Å²) in [6, 6.07) is 15.5. The van der Waals surface area contributed by atoms with Gasteiger partial charge in [-0.3, -0.25) is 4.79 Å². The molecule has 1 N–H and O–H groups in total. The summed E-state index contributed by atoms with van der Waals surface area (Å²) in [7, 11) is 0. The van der Waals surface area contributed by atoms with Crippen molar-refractivity contribution in [3.63, 3.8) is 0 Å². The second kappa shape index (κ2) is 9.63. The number of thiazole rings is 1. The Morgan fingerprint density at radius 1 is 1.17 bits per heavy atom. The van der Waals surface area contributed by atoms with E-state index in [4.69, 9.17) is 16.3 Å². The predicted octanol–water partition coefficient (Wildman–Crippen LogP) is 5.03. The molecule has 2 heterocycles. The predicted molar refractivity (Wildman–Crippen MR) is 121 cm³/mol. The van der Waals surface area contributed by atoms with Crippen LogP contribution < -0.4 is 10.2 Å². The van der Waals surface area contributed by atoms with Crippen molar-refractivity contribution in [3.8, 4) is 11.3 Å². The molecule has 0 radical (unpaired) electrons. The zero-order valence-corrected chi connectivity index (χ0v) is 18.0. The molecule has 1 amide bonds. The number of hydrogen-bond acceptors (Lipinski definition) is 6. The first-order valence-corrected chi connectivity index (χ1v) is 11.5. The highest BCUT2D eigenvalue weighted by Crippen LogP contribution is 2.30. The van der Waals surface area contributed by atoms with Crippen LogP contribution in [0.3, 0.4) is 0 Å². The number of nitrogens with one attached hydrogen (secondary N) is 1. The van der Waals surface area contributed by atoms with Gasteiger partial charge >= 0.3 is 0 Å². The number of carbonyl (C=O) groups is 1. The summed E-state index contributed by atoms with van der Waals surface area (Å²) in [5, 5.41) is 5.74. The van der Waals surface area contributed by atoms with Crippen LogP contribution in [0.2, 0.25) is 5.02 Å². The molecule has 4 rings (SSSR count). The van der Waals surface area contributed by atoms with Gasteiger partial charge in [-0.05, 0) is 24.3 Å². The van der Waals surface area contributed by atoms with Crippen LogP contribution in [-0.2, 0) is 9.53 Å². The standard InChI is InChI=1S/C21H20ClN3O2S2/c22-16-7-5-15(6-8-16)18-13-28-21(24-18)29-14-20(26)23-17-3-1-2-4-19(17)25-9-11-27-12-10-25/h1-8,13H,9-12,14H2,(H,23,26). The molecule has 5 nitrogen and oxygen atoms in total. The van der Waals surface area contributed by atoms with Gasteiger partial charge in [0.05, 0.1) is 36.0 Å². The lowest BCUT2D eigenvalue weighted by Gasteiger charge is -2.30. The van der Waals surface area contributed by atoms with Gasteiger partial charge < -0.3 is 15.0 Å². The van der Waals surface area contributed by atoms with Crippen molar-refractivity contribution >= 4 is 52.0 Å². The summed E-state index contributed by atoms with van der Waals surface area (Å²) in [6.07, 6.45) is 0. The second-order valence-electron chi connectivity index (χ2n) is 6.46. The Hall–Kier alpha value is -2.06. The summed E-state index contributed by atoms with van der Waals surface area (Å²) in [4.78, 5) is 19.4. The molecule has 1 fully saturated rings. The molecule has 0 aliphatic carbocycles. The van der Waals surface area contributed by atoms with E-state index < -0.39 is 0 Å². The van der Waals surface area contributed by atoms with Gasteiger partial charge in [0.25, 0.3) is 0 Å². The topological polar surface area (TPSA) is 54.5 Å². The number of halogens is 1. The van der Waals surface area contributed by atoms with Gasteiger partial charge in [-0.1, -0.05) is 47.6 Å². The zero-order valence-electron chi connectivity index (χ0n) is 15.6. The molecule has 0 saturated carbocycles. The van der Waals surface area contributed by atoms with Gasteiger partial charge in [0.15, 0.2) is 4.34 Å². The van der Waals surface area contributed by atoms with E-state index in [1.165, 1.54) is 23.1 Å². The molecule has 0 unspecified atom stereocenters. The van der Waals surface area contributed by atoms with Crippen molar-refractivity contribution in [1.82, 2.24) is 4.98 Å². The molecule has 0 spiro atoms. The van der Waals surface area contributed by atoms with Crippen molar-refractivity contribution < 1.29 is 9.53 Å². The smallest absolute Gasteiger partial charge is 0.234 e. The van der Waals surface area contributed by atoms with Crippen LogP contribution in [0.25, 0.3) is 11.3 Å². The average Bonchev–Trinajstić information content (AvgIpc) is 3.23. The summed E-state index contributed by atoms with van der Waals surface area (Å²) in [6.45, 7) is 3.07. The Kier molecular flexibility index (Phi) is 6.71. The lowest BCUT2D eigenvalue weighted by atomic mass is 10.2. The van der Waals surface area contributed by atoms with Crippen molar-refractivity contribution in [3.05, 3.63) is 58.9 Å². The van der Waals surface area contributed by atoms with Gasteiger partial charge in [0.2, 0.25) is 5.91 Å². The van der Waals surface area contributed by atoms with Crippen LogP contribution in [0.1, 0.15) is 0 Å². The maximum Gasteiger partial charge on any atom is 0.234 e. The van der Waals surface area contributed by atoms with E-state index in [2.05, 4.69) is 15.2 Å². The first-order chi connectivity index (χ1) is 14.2. The zero-order chi connectivity index (χ0) is 20.1. The molecule has 1 saturated heterocycles. The number of benzene rings is 2. The molecule has 0 bridgehead atoms. The van der Waals surface area contributed by atoms with E-state index >= 15 is 0 Å². The minimum absolute atomic E-state index is 0.0426. The van der Waals surface area contributed by atoms with Crippen LogP contribution in [0.15, 0.2) is 58.3 Å². The third kappa shape index (κ3) is 5.30. The number of thioether (sulfide) groups is 1. The van der Waals surface area contributed by atoms with Crippen LogP contribution in [-0.4, -0.2) is 42.9 Å². The monoisotopic (exact) mass is 445 g/mol. The normalized spacial score (nSPS) is 14.0. The van der Waals surface area contributed by atoms with E-state index in [0.717, 1.165) is 40.1 Å². The van der Waals surface area contributed by atoms with Crippen molar-refractivity contribution in [2.75, 3.05) is 42.3 Å². The number of aromatic nitrogens is 1. The quantitative estimate of drug-likeness (QED) is 0.539. The van der Waals surface area contributed by atoms with E-state index in [1.54, 1.807) is 0 Å². The van der Waals surface area contributed by atoms with E-state index in [0.29, 0.717) is 24.0 Å². The molecule has 2 aromatic carbocycles. The van der Waals surface area contributed by atoms with E-state index in [9.17, 15) is 4.79 Å². The van der Waals surface area contributed by atoms with Gasteiger partial charge in [-0.25, -0.2) is 4.98 Å². The first-order valence-electron chi connectivity index (χ1n) is 9.25. The minimum atomic E-state index is -0.0426. The number of carbonyl (C=O) groups excluding carboxylic acids is 1. The maximum absolute atomic E-state index is 12.5. The molecule has 1 aliphatic rings. The Labute approximate surface area is 183 Å². The number of nitrogens with zero attached hydrogens (tertiary/aromatic N) is 2. The fourth-order valence-corrected chi connectivity index (χ4v) is 4.81. The lowest BCUT2D eigenvalue weighted by Crippen LogP contribution is -2.36. The molecule has 1 aromatic heterocycles. The Morgan fingerprint density at radius 2 is 1.93 bits per heavy atom. The van der Waals surface area contributed by atoms with Gasteiger partial charge in [0, 0.05) is 29.1 Å². The molecule has 0 atom stereocenters. The highest BCUT2D eigenvalue weighted by Gasteiger charge is 2.16.